The van der Waals surface area contributed by atoms with E-state index in [4.69, 9.17) is 4.74 Å². The largest absolute Gasteiger partial charge is 0.496 e. The normalized spacial score (nSPS) is 22.7. The summed E-state index contributed by atoms with van der Waals surface area (Å²) in [5, 5.41) is 10.7. The number of methoxy groups -OCH3 is 1. The Kier molecular flexibility index (Phi) is 6.87. The van der Waals surface area contributed by atoms with Crippen molar-refractivity contribution in [3.05, 3.63) is 41.7 Å². The number of hydrogen-bond donors (Lipinski definition) is 3. The summed E-state index contributed by atoms with van der Waals surface area (Å²) < 4.78 is 44.6. The number of nitrogens with zero attached hydrogens (tertiary/aromatic N) is 2. The molecule has 2 fully saturated rings. The van der Waals surface area contributed by atoms with Crippen molar-refractivity contribution in [2.24, 2.45) is 11.8 Å². The van der Waals surface area contributed by atoms with Crippen LogP contribution in [-0.2, 0) is 4.79 Å². The maximum absolute atomic E-state index is 13.3. The number of anilines is 1. The molecule has 3 N–H and O–H groups in total. The molecule has 1 saturated heterocycles. The number of aromatic nitrogens is 3. The number of amides is 2. The number of halogens is 3. The molecule has 0 bridgehead atoms. The van der Waals surface area contributed by atoms with Crippen molar-refractivity contribution in [3.63, 3.8) is 0 Å². The molecule has 1 aliphatic heterocycles. The standard InChI is InChI=1S/C26H30F3N5O3/c1-37-21-7-4-5-18-23(21)17(14-30-18)24(35)31-22-13-19(32-33-22)20-6-2-3-12-34(20)25(36)15-8-10-16(11-9-15)26(27,28)29/h4-5,7,13-16,20,30H,2-3,6,8-12H2,1H3,(H2,31,32,33,35). The lowest BCUT2D eigenvalue weighted by Crippen LogP contribution is -2.43. The van der Waals surface area contributed by atoms with E-state index in [9.17, 15) is 22.8 Å². The molecule has 0 spiro atoms. The van der Waals surface area contributed by atoms with Crippen molar-refractivity contribution in [2.75, 3.05) is 19.0 Å². The highest BCUT2D eigenvalue weighted by molar-refractivity contribution is 6.14. The van der Waals surface area contributed by atoms with Crippen LogP contribution in [0.15, 0.2) is 30.5 Å². The predicted molar refractivity (Wildman–Crippen MR) is 131 cm³/mol. The van der Waals surface area contributed by atoms with Crippen molar-refractivity contribution in [1.82, 2.24) is 20.1 Å². The van der Waals surface area contributed by atoms with Crippen LogP contribution in [0, 0.1) is 11.8 Å². The molecule has 11 heteroatoms. The van der Waals surface area contributed by atoms with Gasteiger partial charge in [0, 0.05) is 30.2 Å². The summed E-state index contributed by atoms with van der Waals surface area (Å²) in [6, 6.07) is 6.93. The van der Waals surface area contributed by atoms with Crippen molar-refractivity contribution in [2.45, 2.75) is 57.2 Å². The molecule has 5 rings (SSSR count). The number of aromatic amines is 2. The van der Waals surface area contributed by atoms with Gasteiger partial charge in [0.15, 0.2) is 5.82 Å². The SMILES string of the molecule is COc1cccc2[nH]cc(C(=O)Nc3cc(C4CCCCN4C(=O)C4CCC(C(F)(F)F)CC4)[nH]n3)c12. The zero-order chi connectivity index (χ0) is 26.2. The molecule has 1 unspecified atom stereocenters. The molecule has 2 aromatic heterocycles. The highest BCUT2D eigenvalue weighted by atomic mass is 19.4. The molecule has 1 saturated carbocycles. The fraction of sp³-hybridized carbons (Fsp3) is 0.500. The van der Waals surface area contributed by atoms with E-state index in [0.717, 1.165) is 24.8 Å². The first-order valence-electron chi connectivity index (χ1n) is 12.6. The van der Waals surface area contributed by atoms with Crippen molar-refractivity contribution < 1.29 is 27.5 Å². The summed E-state index contributed by atoms with van der Waals surface area (Å²) in [7, 11) is 1.54. The zero-order valence-corrected chi connectivity index (χ0v) is 20.5. The van der Waals surface area contributed by atoms with E-state index >= 15 is 0 Å². The second-order valence-corrected chi connectivity index (χ2v) is 9.88. The van der Waals surface area contributed by atoms with Crippen LogP contribution in [0.2, 0.25) is 0 Å². The van der Waals surface area contributed by atoms with Gasteiger partial charge in [0.05, 0.1) is 35.7 Å². The number of fused-ring (bicyclic) bond motifs is 1. The van der Waals surface area contributed by atoms with Crippen LogP contribution < -0.4 is 10.1 Å². The van der Waals surface area contributed by atoms with Gasteiger partial charge in [-0.05, 0) is 57.1 Å². The van der Waals surface area contributed by atoms with E-state index in [1.54, 1.807) is 30.3 Å². The van der Waals surface area contributed by atoms with E-state index in [1.165, 1.54) is 0 Å². The number of benzene rings is 1. The first-order valence-corrected chi connectivity index (χ1v) is 12.6. The lowest BCUT2D eigenvalue weighted by molar-refractivity contribution is -0.185. The summed E-state index contributed by atoms with van der Waals surface area (Å²) in [5.74, 6) is -1.24. The Morgan fingerprint density at radius 1 is 1.14 bits per heavy atom. The van der Waals surface area contributed by atoms with E-state index in [0.29, 0.717) is 34.8 Å². The quantitative estimate of drug-likeness (QED) is 0.411. The van der Waals surface area contributed by atoms with Gasteiger partial charge in [0.25, 0.3) is 5.91 Å². The molecular weight excluding hydrogens is 487 g/mol. The maximum Gasteiger partial charge on any atom is 0.391 e. The van der Waals surface area contributed by atoms with Gasteiger partial charge in [-0.25, -0.2) is 0 Å². The van der Waals surface area contributed by atoms with Crippen LogP contribution >= 0.6 is 0 Å². The number of H-pyrrole nitrogens is 2. The van der Waals surface area contributed by atoms with Gasteiger partial charge in [-0.15, -0.1) is 0 Å². The summed E-state index contributed by atoms with van der Waals surface area (Å²) >= 11 is 0. The molecule has 198 valence electrons. The third-order valence-corrected chi connectivity index (χ3v) is 7.66. The second-order valence-electron chi connectivity index (χ2n) is 9.88. The number of likely N-dealkylation sites (tertiary alicyclic amines) is 1. The minimum atomic E-state index is -4.20. The lowest BCUT2D eigenvalue weighted by Gasteiger charge is -2.39. The molecule has 1 aromatic carbocycles. The lowest BCUT2D eigenvalue weighted by atomic mass is 9.80. The highest BCUT2D eigenvalue weighted by Gasteiger charge is 2.44. The van der Waals surface area contributed by atoms with Crippen molar-refractivity contribution >= 4 is 28.5 Å². The maximum atomic E-state index is 13.3. The predicted octanol–water partition coefficient (Wildman–Crippen LogP) is 5.57. The molecule has 8 nitrogen and oxygen atoms in total. The van der Waals surface area contributed by atoms with Crippen LogP contribution in [-0.4, -0.2) is 51.7 Å². The first-order chi connectivity index (χ1) is 17.8. The third kappa shape index (κ3) is 5.03. The average molecular weight is 518 g/mol. The number of carbonyl (C=O) groups is 2. The van der Waals surface area contributed by atoms with E-state index in [2.05, 4.69) is 20.5 Å². The summed E-state index contributed by atoms with van der Waals surface area (Å²) in [6.07, 6.45) is 0.412. The molecule has 1 aliphatic carbocycles. The van der Waals surface area contributed by atoms with Crippen molar-refractivity contribution in [3.8, 4) is 5.75 Å². The number of piperidine rings is 1. The van der Waals surface area contributed by atoms with Gasteiger partial charge in [-0.3, -0.25) is 14.7 Å². The number of hydrogen-bond acceptors (Lipinski definition) is 4. The Morgan fingerprint density at radius 2 is 1.92 bits per heavy atom. The highest BCUT2D eigenvalue weighted by Crippen LogP contribution is 2.41. The Hall–Kier alpha value is -3.50. The van der Waals surface area contributed by atoms with E-state index in [-0.39, 0.29) is 43.5 Å². The number of alkyl halides is 3. The van der Waals surface area contributed by atoms with Crippen LogP contribution in [0.5, 0.6) is 5.75 Å². The Balaban J connectivity index is 1.28. The Morgan fingerprint density at radius 3 is 2.65 bits per heavy atom. The molecule has 2 aliphatic rings. The molecule has 3 heterocycles. The number of ether oxygens (including phenoxy) is 1. The van der Waals surface area contributed by atoms with Gasteiger partial charge < -0.3 is 19.9 Å². The minimum absolute atomic E-state index is 0.00271. The Labute approximate surface area is 211 Å². The number of carbonyl (C=O) groups excluding carboxylic acids is 2. The average Bonchev–Trinajstić information content (AvgIpc) is 3.55. The fourth-order valence-corrected chi connectivity index (χ4v) is 5.68. The Bertz CT molecular complexity index is 1280. The molecule has 3 aromatic rings. The van der Waals surface area contributed by atoms with Crippen LogP contribution in [0.3, 0.4) is 0 Å². The molecule has 0 radical (unpaired) electrons. The third-order valence-electron chi connectivity index (χ3n) is 7.66. The van der Waals surface area contributed by atoms with Gasteiger partial charge in [-0.2, -0.15) is 18.3 Å². The molecule has 2 amide bonds. The van der Waals surface area contributed by atoms with Crippen molar-refractivity contribution in [1.29, 1.82) is 0 Å². The fourth-order valence-electron chi connectivity index (χ4n) is 5.68. The molecule has 37 heavy (non-hydrogen) atoms. The van der Waals surface area contributed by atoms with Crippen LogP contribution in [0.1, 0.15) is 67.0 Å². The number of rotatable bonds is 5. The number of nitrogens with one attached hydrogen (secondary N) is 3. The smallest absolute Gasteiger partial charge is 0.391 e. The van der Waals surface area contributed by atoms with Gasteiger partial charge in [0.2, 0.25) is 5.91 Å². The molecular formula is C26H30F3N5O3. The van der Waals surface area contributed by atoms with E-state index in [1.807, 2.05) is 12.1 Å². The van der Waals surface area contributed by atoms with Gasteiger partial charge in [-0.1, -0.05) is 6.07 Å². The minimum Gasteiger partial charge on any atom is -0.496 e. The van der Waals surface area contributed by atoms with Crippen LogP contribution in [0.25, 0.3) is 10.9 Å². The zero-order valence-electron chi connectivity index (χ0n) is 20.5. The summed E-state index contributed by atoms with van der Waals surface area (Å²) in [6.45, 7) is 0.554. The van der Waals surface area contributed by atoms with E-state index < -0.39 is 18.0 Å². The van der Waals surface area contributed by atoms with Gasteiger partial charge in [0.1, 0.15) is 5.75 Å². The molecule has 1 atom stereocenters. The first kappa shape index (κ1) is 25.2. The topological polar surface area (TPSA) is 103 Å². The second kappa shape index (κ2) is 10.1. The summed E-state index contributed by atoms with van der Waals surface area (Å²) in [5.41, 5.74) is 1.89. The summed E-state index contributed by atoms with van der Waals surface area (Å²) in [4.78, 5) is 31.2. The van der Waals surface area contributed by atoms with Gasteiger partial charge >= 0.3 is 6.18 Å². The monoisotopic (exact) mass is 517 g/mol. The van der Waals surface area contributed by atoms with Crippen LogP contribution in [0.4, 0.5) is 19.0 Å².